The molecular weight excluding hydrogens is 224 g/mol. The van der Waals surface area contributed by atoms with Gasteiger partial charge in [-0.05, 0) is 54.5 Å². The van der Waals surface area contributed by atoms with E-state index < -0.39 is 5.79 Å². The van der Waals surface area contributed by atoms with Gasteiger partial charge < -0.3 is 9.47 Å². The molecule has 0 saturated carbocycles. The first-order valence-corrected chi connectivity index (χ1v) is 6.46. The summed E-state index contributed by atoms with van der Waals surface area (Å²) in [4.78, 5) is 0. The third kappa shape index (κ3) is 9.20. The number of hydrogen-bond acceptors (Lipinski definition) is 2. The average Bonchev–Trinajstić information content (AvgIpc) is 2.14. The molecular formula is C16H28O2. The predicted octanol–water partition coefficient (Wildman–Crippen LogP) is 4.63. The van der Waals surface area contributed by atoms with Gasteiger partial charge in [-0.1, -0.05) is 28.9 Å². The van der Waals surface area contributed by atoms with Crippen molar-refractivity contribution in [1.29, 1.82) is 0 Å². The molecule has 0 aromatic carbocycles. The Kier molecular flexibility index (Phi) is 7.88. The van der Waals surface area contributed by atoms with Crippen molar-refractivity contribution in [2.45, 2.75) is 54.3 Å². The summed E-state index contributed by atoms with van der Waals surface area (Å²) >= 11 is 0. The van der Waals surface area contributed by atoms with Crippen molar-refractivity contribution in [3.05, 3.63) is 34.9 Å². The molecule has 0 radical (unpaired) electrons. The standard InChI is InChI=1S/C16H28O2/c1-13(2)8-10-17-16(7,12-15(5)6)18-11-9-14(3)4/h8-9,12H,10-11H2,1-7H3. The molecule has 0 bridgehead atoms. The van der Waals surface area contributed by atoms with Crippen molar-refractivity contribution in [2.24, 2.45) is 0 Å². The summed E-state index contributed by atoms with van der Waals surface area (Å²) in [6.45, 7) is 15.4. The van der Waals surface area contributed by atoms with E-state index in [1.165, 1.54) is 16.7 Å². The number of ether oxygens (including phenoxy) is 2. The van der Waals surface area contributed by atoms with Crippen molar-refractivity contribution < 1.29 is 9.47 Å². The average molecular weight is 252 g/mol. The highest BCUT2D eigenvalue weighted by atomic mass is 16.7. The van der Waals surface area contributed by atoms with Crippen LogP contribution in [0.15, 0.2) is 34.9 Å². The molecule has 0 spiro atoms. The molecule has 0 saturated heterocycles. The molecule has 0 N–H and O–H groups in total. The Morgan fingerprint density at radius 2 is 1.17 bits per heavy atom. The summed E-state index contributed by atoms with van der Waals surface area (Å²) < 4.78 is 11.7. The molecule has 0 amide bonds. The van der Waals surface area contributed by atoms with Crippen LogP contribution in [0.2, 0.25) is 0 Å². The highest BCUT2D eigenvalue weighted by Crippen LogP contribution is 2.17. The summed E-state index contributed by atoms with van der Waals surface area (Å²) in [5.74, 6) is -0.656. The molecule has 0 aromatic rings. The van der Waals surface area contributed by atoms with Crippen LogP contribution in [0.25, 0.3) is 0 Å². The predicted molar refractivity (Wildman–Crippen MR) is 78.6 cm³/mol. The van der Waals surface area contributed by atoms with Crippen LogP contribution in [0, 0.1) is 0 Å². The van der Waals surface area contributed by atoms with Crippen LogP contribution in [0.1, 0.15) is 48.5 Å². The second kappa shape index (κ2) is 8.28. The fraction of sp³-hybridized carbons (Fsp3) is 0.625. The molecule has 18 heavy (non-hydrogen) atoms. The zero-order valence-electron chi connectivity index (χ0n) is 13.0. The van der Waals surface area contributed by atoms with Gasteiger partial charge in [0.15, 0.2) is 5.79 Å². The van der Waals surface area contributed by atoms with Crippen LogP contribution in [0.4, 0.5) is 0 Å². The molecule has 0 rings (SSSR count). The van der Waals surface area contributed by atoms with E-state index in [2.05, 4.69) is 39.8 Å². The molecule has 0 heterocycles. The van der Waals surface area contributed by atoms with Crippen molar-refractivity contribution in [3.63, 3.8) is 0 Å². The number of rotatable bonds is 7. The topological polar surface area (TPSA) is 18.5 Å². The second-order valence-electron chi connectivity index (χ2n) is 5.42. The lowest BCUT2D eigenvalue weighted by Crippen LogP contribution is -2.30. The Balaban J connectivity index is 4.58. The number of allylic oxidation sites excluding steroid dienone is 3. The summed E-state index contributed by atoms with van der Waals surface area (Å²) in [5, 5.41) is 0. The summed E-state index contributed by atoms with van der Waals surface area (Å²) in [7, 11) is 0. The Labute approximate surface area is 112 Å². The maximum Gasteiger partial charge on any atom is 0.185 e. The first-order chi connectivity index (χ1) is 8.25. The summed E-state index contributed by atoms with van der Waals surface area (Å²) in [5.41, 5.74) is 3.68. The maximum absolute atomic E-state index is 5.83. The first-order valence-electron chi connectivity index (χ1n) is 6.46. The molecule has 0 atom stereocenters. The summed E-state index contributed by atoms with van der Waals surface area (Å²) in [6, 6.07) is 0. The summed E-state index contributed by atoms with van der Waals surface area (Å²) in [6.07, 6.45) is 6.13. The minimum atomic E-state index is -0.656. The van der Waals surface area contributed by atoms with Gasteiger partial charge >= 0.3 is 0 Å². The highest BCUT2D eigenvalue weighted by Gasteiger charge is 2.21. The van der Waals surface area contributed by atoms with Gasteiger partial charge in [0.25, 0.3) is 0 Å². The lowest BCUT2D eigenvalue weighted by Gasteiger charge is -2.26. The van der Waals surface area contributed by atoms with Crippen LogP contribution < -0.4 is 0 Å². The molecule has 0 aliphatic rings. The normalized spacial score (nSPS) is 10.8. The van der Waals surface area contributed by atoms with Gasteiger partial charge in [0, 0.05) is 0 Å². The van der Waals surface area contributed by atoms with Gasteiger partial charge in [-0.2, -0.15) is 0 Å². The Morgan fingerprint density at radius 1 is 0.778 bits per heavy atom. The highest BCUT2D eigenvalue weighted by molar-refractivity contribution is 5.03. The van der Waals surface area contributed by atoms with E-state index in [9.17, 15) is 0 Å². The van der Waals surface area contributed by atoms with E-state index in [1.807, 2.05) is 26.8 Å². The van der Waals surface area contributed by atoms with E-state index in [0.29, 0.717) is 13.2 Å². The molecule has 0 fully saturated rings. The zero-order valence-corrected chi connectivity index (χ0v) is 13.0. The van der Waals surface area contributed by atoms with E-state index in [-0.39, 0.29) is 0 Å². The van der Waals surface area contributed by atoms with Gasteiger partial charge in [0.2, 0.25) is 0 Å². The van der Waals surface area contributed by atoms with Gasteiger partial charge in [-0.3, -0.25) is 0 Å². The molecule has 0 unspecified atom stereocenters. The first kappa shape index (κ1) is 17.1. The monoisotopic (exact) mass is 252 g/mol. The lowest BCUT2D eigenvalue weighted by atomic mass is 10.2. The largest absolute Gasteiger partial charge is 0.343 e. The molecule has 2 nitrogen and oxygen atoms in total. The van der Waals surface area contributed by atoms with E-state index in [4.69, 9.17) is 9.47 Å². The SMILES string of the molecule is CC(C)=CCOC(C)(C=C(C)C)OCC=C(C)C. The van der Waals surface area contributed by atoms with Gasteiger partial charge in [-0.25, -0.2) is 0 Å². The molecule has 0 aliphatic heterocycles. The molecule has 104 valence electrons. The molecule has 0 aromatic heterocycles. The quantitative estimate of drug-likeness (QED) is 0.485. The minimum Gasteiger partial charge on any atom is -0.343 e. The second-order valence-corrected chi connectivity index (χ2v) is 5.42. The Bertz CT molecular complexity index is 301. The van der Waals surface area contributed by atoms with E-state index >= 15 is 0 Å². The zero-order chi connectivity index (χ0) is 14.2. The molecule has 0 aliphatic carbocycles. The Hall–Kier alpha value is -0.860. The fourth-order valence-corrected chi connectivity index (χ4v) is 1.40. The van der Waals surface area contributed by atoms with Crippen molar-refractivity contribution in [1.82, 2.24) is 0 Å². The Morgan fingerprint density at radius 3 is 1.44 bits per heavy atom. The molecule has 2 heteroatoms. The van der Waals surface area contributed by atoms with Gasteiger partial charge in [0.1, 0.15) is 0 Å². The third-order valence-electron chi connectivity index (χ3n) is 2.27. The van der Waals surface area contributed by atoms with E-state index in [0.717, 1.165) is 0 Å². The van der Waals surface area contributed by atoms with Crippen molar-refractivity contribution in [3.8, 4) is 0 Å². The van der Waals surface area contributed by atoms with Crippen LogP contribution in [-0.2, 0) is 9.47 Å². The van der Waals surface area contributed by atoms with Crippen molar-refractivity contribution in [2.75, 3.05) is 13.2 Å². The number of hydrogen-bond donors (Lipinski definition) is 0. The van der Waals surface area contributed by atoms with Crippen LogP contribution >= 0.6 is 0 Å². The lowest BCUT2D eigenvalue weighted by molar-refractivity contribution is -0.178. The van der Waals surface area contributed by atoms with Crippen LogP contribution in [0.3, 0.4) is 0 Å². The van der Waals surface area contributed by atoms with Crippen molar-refractivity contribution >= 4 is 0 Å². The third-order valence-corrected chi connectivity index (χ3v) is 2.27. The van der Waals surface area contributed by atoms with E-state index in [1.54, 1.807) is 0 Å². The van der Waals surface area contributed by atoms with Gasteiger partial charge in [-0.15, -0.1) is 0 Å². The van der Waals surface area contributed by atoms with Gasteiger partial charge in [0.05, 0.1) is 13.2 Å². The van der Waals surface area contributed by atoms with Crippen LogP contribution in [-0.4, -0.2) is 19.0 Å². The fourth-order valence-electron chi connectivity index (χ4n) is 1.40. The smallest absolute Gasteiger partial charge is 0.185 e. The maximum atomic E-state index is 5.83. The van der Waals surface area contributed by atoms with Crippen LogP contribution in [0.5, 0.6) is 0 Å². The minimum absolute atomic E-state index is 0.567.